The zero-order valence-corrected chi connectivity index (χ0v) is 55.1. The van der Waals surface area contributed by atoms with Crippen LogP contribution in [0.3, 0.4) is 0 Å². The molecule has 0 saturated carbocycles. The average Bonchev–Trinajstić information content (AvgIpc) is 1.19. The van der Waals surface area contributed by atoms with Gasteiger partial charge in [-0.2, -0.15) is 17.5 Å². The molecule has 0 aliphatic heterocycles. The van der Waals surface area contributed by atoms with Crippen LogP contribution < -0.4 is 0 Å². The van der Waals surface area contributed by atoms with Gasteiger partial charge in [0.2, 0.25) is 0 Å². The first kappa shape index (κ1) is 59.5. The van der Waals surface area contributed by atoms with E-state index in [1.807, 2.05) is 66.7 Å². The third-order valence-electron chi connectivity index (χ3n) is 18.3. The number of fused-ring (bicyclic) bond motifs is 10. The third kappa shape index (κ3) is 11.4. The number of benzene rings is 13. The average molecular weight is 1320 g/mol. The van der Waals surface area contributed by atoms with E-state index in [0.29, 0.717) is 11.6 Å². The van der Waals surface area contributed by atoms with Crippen molar-refractivity contribution in [2.45, 2.75) is 0 Å². The molecule has 0 atom stereocenters. The molecular formula is C88H54N10S2. The van der Waals surface area contributed by atoms with Crippen molar-refractivity contribution < 1.29 is 0 Å². The smallest absolute Gasteiger partial charge is 0.160 e. The first-order chi connectivity index (χ1) is 49.5. The lowest BCUT2D eigenvalue weighted by molar-refractivity contribution is 1.18. The molecule has 19 aromatic rings. The topological polar surface area (TPSA) is 129 Å². The van der Waals surface area contributed by atoms with Crippen molar-refractivity contribution in [2.24, 2.45) is 0 Å². The number of aromatic nitrogens is 10. The van der Waals surface area contributed by atoms with Crippen LogP contribution in [-0.4, -0.2) is 47.4 Å². The van der Waals surface area contributed by atoms with E-state index in [-0.39, 0.29) is 0 Å². The van der Waals surface area contributed by atoms with Gasteiger partial charge >= 0.3 is 0 Å². The molecule has 0 amide bonds. The maximum absolute atomic E-state index is 5.20. The van der Waals surface area contributed by atoms with Gasteiger partial charge in [-0.25, -0.2) is 29.9 Å². The number of pyridine rings is 2. The zero-order chi connectivity index (χ0) is 66.3. The molecule has 100 heavy (non-hydrogen) atoms. The molecule has 10 nitrogen and oxygen atoms in total. The van der Waals surface area contributed by atoms with Crippen molar-refractivity contribution in [1.82, 2.24) is 47.4 Å². The molecule has 0 aliphatic carbocycles. The van der Waals surface area contributed by atoms with Crippen LogP contribution in [0.1, 0.15) is 0 Å². The van der Waals surface area contributed by atoms with Crippen LogP contribution in [-0.2, 0) is 0 Å². The minimum Gasteiger partial charge on any atom is -0.247 e. The summed E-state index contributed by atoms with van der Waals surface area (Å²) in [6, 6.07) is 113. The monoisotopic (exact) mass is 1310 g/mol. The van der Waals surface area contributed by atoms with Crippen LogP contribution in [0.25, 0.3) is 189 Å². The number of hydrogen-bond donors (Lipinski definition) is 0. The van der Waals surface area contributed by atoms with Crippen molar-refractivity contribution in [3.63, 3.8) is 0 Å². The van der Waals surface area contributed by atoms with Gasteiger partial charge < -0.3 is 0 Å². The predicted octanol–water partition coefficient (Wildman–Crippen LogP) is 22.7. The summed E-state index contributed by atoms with van der Waals surface area (Å²) in [4.78, 5) is 30.9. The molecule has 0 spiro atoms. The van der Waals surface area contributed by atoms with Gasteiger partial charge in [0.25, 0.3) is 0 Å². The van der Waals surface area contributed by atoms with Crippen molar-refractivity contribution in [3.8, 4) is 124 Å². The summed E-state index contributed by atoms with van der Waals surface area (Å²) in [6.45, 7) is 0. The summed E-state index contributed by atoms with van der Waals surface area (Å²) in [7, 11) is 0. The highest BCUT2D eigenvalue weighted by Gasteiger charge is 2.20. The predicted molar refractivity (Wildman–Crippen MR) is 411 cm³/mol. The number of para-hydroxylation sites is 2. The Balaban J connectivity index is 0.000000145. The maximum Gasteiger partial charge on any atom is 0.160 e. The van der Waals surface area contributed by atoms with Gasteiger partial charge in [0, 0.05) is 76.8 Å². The molecule has 0 bridgehead atoms. The molecular weight excluding hydrogens is 1260 g/mol. The van der Waals surface area contributed by atoms with Gasteiger partial charge in [0.1, 0.15) is 22.1 Å². The molecule has 6 aromatic heterocycles. The van der Waals surface area contributed by atoms with E-state index in [4.69, 9.17) is 29.9 Å². The van der Waals surface area contributed by atoms with Crippen molar-refractivity contribution >= 4 is 88.9 Å². The van der Waals surface area contributed by atoms with Crippen LogP contribution in [0.2, 0.25) is 0 Å². The van der Waals surface area contributed by atoms with Gasteiger partial charge in [-0.05, 0) is 100 Å². The lowest BCUT2D eigenvalue weighted by Gasteiger charge is -2.13. The van der Waals surface area contributed by atoms with E-state index in [2.05, 4.69) is 278 Å². The van der Waals surface area contributed by atoms with Gasteiger partial charge in [-0.1, -0.05) is 261 Å². The summed E-state index contributed by atoms with van der Waals surface area (Å²) in [5, 5.41) is 6.45. The minimum atomic E-state index is 0.674. The molecule has 0 N–H and O–H groups in total. The summed E-state index contributed by atoms with van der Waals surface area (Å²) in [6.07, 6.45) is 0. The second kappa shape index (κ2) is 25.9. The highest BCUT2D eigenvalue weighted by molar-refractivity contribution is 7.00. The van der Waals surface area contributed by atoms with Gasteiger partial charge in [-0.3, -0.25) is 0 Å². The van der Waals surface area contributed by atoms with Crippen LogP contribution in [0.4, 0.5) is 0 Å². The lowest BCUT2D eigenvalue weighted by Crippen LogP contribution is -1.97. The highest BCUT2D eigenvalue weighted by Crippen LogP contribution is 2.41. The van der Waals surface area contributed by atoms with E-state index in [0.717, 1.165) is 177 Å². The van der Waals surface area contributed by atoms with Crippen LogP contribution in [0.15, 0.2) is 328 Å². The number of nitrogens with zero attached hydrogens (tertiary/aromatic N) is 10. The molecule has 12 heteroatoms. The van der Waals surface area contributed by atoms with Crippen LogP contribution >= 0.6 is 23.5 Å². The van der Waals surface area contributed by atoms with Crippen molar-refractivity contribution in [1.29, 1.82) is 0 Å². The van der Waals surface area contributed by atoms with E-state index >= 15 is 0 Å². The van der Waals surface area contributed by atoms with E-state index in [9.17, 15) is 0 Å². The number of hydrogen-bond acceptors (Lipinski definition) is 12. The first-order valence-electron chi connectivity index (χ1n) is 32.9. The summed E-state index contributed by atoms with van der Waals surface area (Å²) >= 11 is 2.49. The second-order valence-electron chi connectivity index (χ2n) is 24.5. The normalized spacial score (nSPS) is 11.4. The molecule has 0 unspecified atom stereocenters. The Labute approximate surface area is 583 Å². The van der Waals surface area contributed by atoms with E-state index in [1.165, 1.54) is 23.5 Å². The highest BCUT2D eigenvalue weighted by atomic mass is 32.1. The Morgan fingerprint density at radius 1 is 0.180 bits per heavy atom. The Bertz CT molecular complexity index is 6170. The molecule has 0 aliphatic rings. The Morgan fingerprint density at radius 3 is 0.900 bits per heavy atom. The fraction of sp³-hybridized carbons (Fsp3) is 0. The Morgan fingerprint density at radius 2 is 0.490 bits per heavy atom. The fourth-order valence-electron chi connectivity index (χ4n) is 13.4. The molecule has 19 rings (SSSR count). The maximum atomic E-state index is 5.20. The van der Waals surface area contributed by atoms with Crippen LogP contribution in [0.5, 0.6) is 0 Å². The SMILES string of the molecule is c1ccc(-c2cccc(-c3cc(-c4ccc(-c5nc6ccccc6c6c5ccc5nsnc56)cc4)nc(-c4cccc(-c5ccccc5)c4)n3)c2)cc1.c1ccc(-c2cccc(-c3nc(-c4ccccc4)cc(-c4ccc(-c5nc6ccccc6c6c5ccc5nsnc56)cc4)n3)c2)cc1. The van der Waals surface area contributed by atoms with Gasteiger partial charge in [0.05, 0.1) is 68.7 Å². The molecule has 468 valence electrons. The molecule has 0 saturated heterocycles. The zero-order valence-electron chi connectivity index (χ0n) is 53.5. The minimum absolute atomic E-state index is 0.674. The van der Waals surface area contributed by atoms with Crippen molar-refractivity contribution in [2.75, 3.05) is 0 Å². The standard InChI is InChI=1S/C47H29N5S.C41H25N5S/c1-3-11-30(12-4-1)34-15-9-17-36(27-34)43-29-42(49-47(50-43)37-18-10-16-35(28-37)31-13-5-2-6-14-31)32-21-23-33(24-22-32)45-39-25-26-41-46(52-53-51-41)44(39)38-19-7-8-20-40(38)48-45;1-3-10-26(11-4-1)30-14-9-15-31(24-30)41-43-36(27-12-5-2-6-13-27)25-37(44-41)28-18-20-29(21-19-28)39-33-22-23-35-40(46-47-45-35)38(33)32-16-7-8-17-34(32)42-39/h1-29H;1-25H. The van der Waals surface area contributed by atoms with Gasteiger partial charge in [-0.15, -0.1) is 0 Å². The molecule has 0 fully saturated rings. The largest absolute Gasteiger partial charge is 0.247 e. The van der Waals surface area contributed by atoms with Crippen molar-refractivity contribution in [3.05, 3.63) is 328 Å². The first-order valence-corrected chi connectivity index (χ1v) is 34.4. The van der Waals surface area contributed by atoms with E-state index in [1.54, 1.807) is 0 Å². The molecule has 6 heterocycles. The second-order valence-corrected chi connectivity index (χ2v) is 25.5. The summed E-state index contributed by atoms with van der Waals surface area (Å²) in [5.41, 5.74) is 25.7. The third-order valence-corrected chi connectivity index (χ3v) is 19.4. The van der Waals surface area contributed by atoms with Crippen LogP contribution in [0, 0.1) is 0 Å². The molecule has 13 aromatic carbocycles. The fourth-order valence-corrected chi connectivity index (χ4v) is 14.5. The molecule has 0 radical (unpaired) electrons. The summed E-state index contributed by atoms with van der Waals surface area (Å²) < 4.78 is 18.4. The Hall–Kier alpha value is -13.0. The van der Waals surface area contributed by atoms with E-state index < -0.39 is 0 Å². The summed E-state index contributed by atoms with van der Waals surface area (Å²) in [5.74, 6) is 1.36. The quantitative estimate of drug-likeness (QED) is 0.115. The number of rotatable bonds is 11. The lowest BCUT2D eigenvalue weighted by atomic mass is 9.97. The Kier molecular flexibility index (Phi) is 15.4. The van der Waals surface area contributed by atoms with Gasteiger partial charge in [0.15, 0.2) is 11.6 Å².